The van der Waals surface area contributed by atoms with Gasteiger partial charge in [0.1, 0.15) is 0 Å². The first kappa shape index (κ1) is 22.4. The van der Waals surface area contributed by atoms with Gasteiger partial charge in [0.25, 0.3) is 0 Å². The molecular weight excluding hydrogens is 384 g/mol. The molecule has 29 heavy (non-hydrogen) atoms. The van der Waals surface area contributed by atoms with Crippen molar-refractivity contribution in [1.82, 2.24) is 15.5 Å². The van der Waals surface area contributed by atoms with Crippen LogP contribution in [0.25, 0.3) is 0 Å². The largest absolute Gasteiger partial charge is 0.381 e. The number of benzene rings is 1. The van der Waals surface area contributed by atoms with E-state index in [2.05, 4.69) is 48.4 Å². The lowest BCUT2D eigenvalue weighted by Gasteiger charge is -2.38. The number of ether oxygens (including phenoxy) is 1. The molecule has 2 saturated heterocycles. The van der Waals surface area contributed by atoms with E-state index < -0.39 is 0 Å². The van der Waals surface area contributed by atoms with Gasteiger partial charge in [-0.15, -0.1) is 0 Å². The third-order valence-electron chi connectivity index (χ3n) is 6.38. The van der Waals surface area contributed by atoms with Crippen molar-refractivity contribution in [3.8, 4) is 0 Å². The summed E-state index contributed by atoms with van der Waals surface area (Å²) in [6, 6.07) is 9.33. The van der Waals surface area contributed by atoms with E-state index in [-0.39, 0.29) is 5.41 Å². The fourth-order valence-corrected chi connectivity index (χ4v) is 4.81. The number of piperidine rings is 1. The van der Waals surface area contributed by atoms with E-state index in [4.69, 9.17) is 21.3 Å². The van der Waals surface area contributed by atoms with Gasteiger partial charge in [-0.05, 0) is 58.1 Å². The molecule has 0 spiro atoms. The zero-order valence-corrected chi connectivity index (χ0v) is 19.0. The normalized spacial score (nSPS) is 21.3. The molecule has 0 atom stereocenters. The maximum absolute atomic E-state index is 6.59. The van der Waals surface area contributed by atoms with E-state index in [0.717, 1.165) is 76.1 Å². The highest BCUT2D eigenvalue weighted by molar-refractivity contribution is 6.31. The Balaban J connectivity index is 1.71. The summed E-state index contributed by atoms with van der Waals surface area (Å²) in [6.07, 6.45) is 4.22. The lowest BCUT2D eigenvalue weighted by atomic mass is 9.74. The minimum atomic E-state index is -0.0556. The topological polar surface area (TPSA) is 48.9 Å². The van der Waals surface area contributed by atoms with E-state index >= 15 is 0 Å². The first-order chi connectivity index (χ1) is 14.0. The third-order valence-corrected chi connectivity index (χ3v) is 6.71. The van der Waals surface area contributed by atoms with Crippen LogP contribution < -0.4 is 10.6 Å². The summed E-state index contributed by atoms with van der Waals surface area (Å²) in [7, 11) is 0. The molecule has 162 valence electrons. The van der Waals surface area contributed by atoms with Crippen molar-refractivity contribution in [2.45, 2.75) is 64.0 Å². The Kier molecular flexibility index (Phi) is 8.22. The second-order valence-electron chi connectivity index (χ2n) is 8.62. The molecule has 0 unspecified atom stereocenters. The van der Waals surface area contributed by atoms with Gasteiger partial charge >= 0.3 is 0 Å². The zero-order chi connectivity index (χ0) is 20.7. The van der Waals surface area contributed by atoms with E-state index in [1.807, 2.05) is 12.1 Å². The van der Waals surface area contributed by atoms with Crippen molar-refractivity contribution < 1.29 is 4.74 Å². The number of rotatable bonds is 6. The van der Waals surface area contributed by atoms with Crippen LogP contribution in [0.4, 0.5) is 0 Å². The molecule has 6 heteroatoms. The SMILES string of the molecule is CCNC(=NCC1(c2ccccc2Cl)CCOCC1)NC1CCN(C(C)C)CC1. The van der Waals surface area contributed by atoms with Crippen LogP contribution in [-0.4, -0.2) is 62.3 Å². The van der Waals surface area contributed by atoms with Crippen LogP contribution in [0.5, 0.6) is 0 Å². The smallest absolute Gasteiger partial charge is 0.191 e. The monoisotopic (exact) mass is 420 g/mol. The summed E-state index contributed by atoms with van der Waals surface area (Å²) in [5.74, 6) is 0.924. The van der Waals surface area contributed by atoms with Gasteiger partial charge in [-0.1, -0.05) is 29.8 Å². The number of hydrogen-bond donors (Lipinski definition) is 2. The zero-order valence-electron chi connectivity index (χ0n) is 18.2. The van der Waals surface area contributed by atoms with Gasteiger partial charge in [-0.25, -0.2) is 0 Å². The number of likely N-dealkylation sites (tertiary alicyclic amines) is 1. The molecule has 2 aliphatic heterocycles. The Labute approximate surface area is 181 Å². The minimum absolute atomic E-state index is 0.0556. The number of aliphatic imine (C=N–C) groups is 1. The highest BCUT2D eigenvalue weighted by atomic mass is 35.5. The molecule has 0 saturated carbocycles. The molecule has 2 aliphatic rings. The van der Waals surface area contributed by atoms with Crippen molar-refractivity contribution >= 4 is 17.6 Å². The summed E-state index contributed by atoms with van der Waals surface area (Å²) in [5, 5.41) is 7.97. The fraction of sp³-hybridized carbons (Fsp3) is 0.696. The third kappa shape index (κ3) is 5.87. The predicted molar refractivity (Wildman–Crippen MR) is 122 cm³/mol. The van der Waals surface area contributed by atoms with Crippen LogP contribution in [0.1, 0.15) is 52.0 Å². The van der Waals surface area contributed by atoms with E-state index in [9.17, 15) is 0 Å². The molecule has 2 N–H and O–H groups in total. The summed E-state index contributed by atoms with van der Waals surface area (Å²) in [6.45, 7) is 12.1. The van der Waals surface area contributed by atoms with E-state index in [0.29, 0.717) is 12.1 Å². The summed E-state index contributed by atoms with van der Waals surface area (Å²) in [4.78, 5) is 7.59. The Morgan fingerprint density at radius 1 is 1.24 bits per heavy atom. The highest BCUT2D eigenvalue weighted by Crippen LogP contribution is 2.38. The van der Waals surface area contributed by atoms with Crippen molar-refractivity contribution in [2.24, 2.45) is 4.99 Å². The molecule has 0 amide bonds. The van der Waals surface area contributed by atoms with Gasteiger partial charge in [0.05, 0.1) is 6.54 Å². The number of nitrogens with zero attached hydrogens (tertiary/aromatic N) is 2. The molecule has 5 nitrogen and oxygen atoms in total. The molecule has 1 aromatic carbocycles. The maximum Gasteiger partial charge on any atom is 0.191 e. The van der Waals surface area contributed by atoms with Crippen LogP contribution in [0.3, 0.4) is 0 Å². The molecule has 0 radical (unpaired) electrons. The standard InChI is InChI=1S/C23H37ClN4O/c1-4-25-22(27-19-9-13-28(14-10-19)18(2)3)26-17-23(11-15-29-16-12-23)20-7-5-6-8-21(20)24/h5-8,18-19H,4,9-17H2,1-3H3,(H2,25,26,27). The van der Waals surface area contributed by atoms with Crippen molar-refractivity contribution in [2.75, 3.05) is 39.4 Å². The minimum Gasteiger partial charge on any atom is -0.381 e. The lowest BCUT2D eigenvalue weighted by Crippen LogP contribution is -2.50. The van der Waals surface area contributed by atoms with Gasteiger partial charge < -0.3 is 20.3 Å². The number of nitrogens with one attached hydrogen (secondary N) is 2. The lowest BCUT2D eigenvalue weighted by molar-refractivity contribution is 0.0531. The van der Waals surface area contributed by atoms with Crippen LogP contribution in [0.2, 0.25) is 5.02 Å². The van der Waals surface area contributed by atoms with E-state index in [1.54, 1.807) is 0 Å². The molecule has 1 aromatic rings. The molecule has 3 rings (SSSR count). The second kappa shape index (κ2) is 10.6. The number of halogens is 1. The average Bonchev–Trinajstić information content (AvgIpc) is 2.73. The Hall–Kier alpha value is -1.30. The fourth-order valence-electron chi connectivity index (χ4n) is 4.47. The summed E-state index contributed by atoms with van der Waals surface area (Å²) >= 11 is 6.59. The number of guanidine groups is 1. The van der Waals surface area contributed by atoms with Crippen LogP contribution in [-0.2, 0) is 10.2 Å². The van der Waals surface area contributed by atoms with Crippen LogP contribution in [0.15, 0.2) is 29.3 Å². The van der Waals surface area contributed by atoms with Gasteiger partial charge in [-0.2, -0.15) is 0 Å². The van der Waals surface area contributed by atoms with Crippen LogP contribution >= 0.6 is 11.6 Å². The predicted octanol–water partition coefficient (Wildman–Crippen LogP) is 3.82. The highest BCUT2D eigenvalue weighted by Gasteiger charge is 2.36. The van der Waals surface area contributed by atoms with Gasteiger partial charge in [-0.3, -0.25) is 4.99 Å². The van der Waals surface area contributed by atoms with Crippen molar-refractivity contribution in [1.29, 1.82) is 0 Å². The molecule has 0 bridgehead atoms. The van der Waals surface area contributed by atoms with Crippen LogP contribution in [0, 0.1) is 0 Å². The molecule has 2 fully saturated rings. The molecule has 2 heterocycles. The summed E-state index contributed by atoms with van der Waals surface area (Å²) in [5.41, 5.74) is 1.15. The summed E-state index contributed by atoms with van der Waals surface area (Å²) < 4.78 is 5.66. The average molecular weight is 421 g/mol. The molecule has 0 aromatic heterocycles. The van der Waals surface area contributed by atoms with Gasteiger partial charge in [0.15, 0.2) is 5.96 Å². The molecule has 0 aliphatic carbocycles. The Morgan fingerprint density at radius 3 is 2.55 bits per heavy atom. The Bertz CT molecular complexity index is 665. The maximum atomic E-state index is 6.59. The quantitative estimate of drug-likeness (QED) is 0.542. The van der Waals surface area contributed by atoms with Crippen molar-refractivity contribution in [3.63, 3.8) is 0 Å². The first-order valence-corrected chi connectivity index (χ1v) is 11.5. The van der Waals surface area contributed by atoms with Gasteiger partial charge in [0.2, 0.25) is 0 Å². The Morgan fingerprint density at radius 2 is 1.93 bits per heavy atom. The van der Waals surface area contributed by atoms with E-state index in [1.165, 1.54) is 5.56 Å². The number of hydrogen-bond acceptors (Lipinski definition) is 3. The molecular formula is C23H37ClN4O. The van der Waals surface area contributed by atoms with Crippen molar-refractivity contribution in [3.05, 3.63) is 34.9 Å². The second-order valence-corrected chi connectivity index (χ2v) is 9.02. The first-order valence-electron chi connectivity index (χ1n) is 11.2. The van der Waals surface area contributed by atoms with Gasteiger partial charge in [0, 0.05) is 55.4 Å².